The molecule has 1 aromatic carbocycles. The minimum atomic E-state index is 0.0425. The first-order chi connectivity index (χ1) is 9.29. The molecule has 1 aliphatic carbocycles. The van der Waals surface area contributed by atoms with Crippen molar-refractivity contribution < 1.29 is 4.79 Å². The minimum absolute atomic E-state index is 0.0425. The molecule has 0 aromatic heterocycles. The SMILES string of the molecule is NCc1cccc(C(=O)NC2CCCCCCC2)c1. The van der Waals surface area contributed by atoms with Gasteiger partial charge < -0.3 is 11.1 Å². The Hall–Kier alpha value is -1.35. The fraction of sp³-hybridized carbons (Fsp3) is 0.562. The molecule has 19 heavy (non-hydrogen) atoms. The summed E-state index contributed by atoms with van der Waals surface area (Å²) >= 11 is 0. The van der Waals surface area contributed by atoms with E-state index in [4.69, 9.17) is 5.73 Å². The van der Waals surface area contributed by atoms with Gasteiger partial charge in [0.15, 0.2) is 0 Å². The molecule has 3 nitrogen and oxygen atoms in total. The lowest BCUT2D eigenvalue weighted by Crippen LogP contribution is -2.35. The van der Waals surface area contributed by atoms with Crippen molar-refractivity contribution in [1.29, 1.82) is 0 Å². The third-order valence-corrected chi connectivity index (χ3v) is 3.87. The van der Waals surface area contributed by atoms with Crippen LogP contribution in [0.2, 0.25) is 0 Å². The standard InChI is InChI=1S/C16H24N2O/c17-12-13-7-6-8-14(11-13)16(19)18-15-9-4-2-1-3-5-10-15/h6-8,11,15H,1-5,9-10,12,17H2,(H,18,19). The number of nitrogens with one attached hydrogen (secondary N) is 1. The van der Waals surface area contributed by atoms with Gasteiger partial charge in [0.1, 0.15) is 0 Å². The van der Waals surface area contributed by atoms with Crippen LogP contribution in [0.15, 0.2) is 24.3 Å². The Kier molecular flexibility index (Phi) is 5.40. The summed E-state index contributed by atoms with van der Waals surface area (Å²) in [6.45, 7) is 0.477. The molecular weight excluding hydrogens is 236 g/mol. The zero-order chi connectivity index (χ0) is 13.5. The van der Waals surface area contributed by atoms with E-state index < -0.39 is 0 Å². The number of hydrogen-bond donors (Lipinski definition) is 2. The molecule has 1 fully saturated rings. The van der Waals surface area contributed by atoms with Gasteiger partial charge in [0, 0.05) is 18.2 Å². The number of nitrogens with two attached hydrogens (primary N) is 1. The number of hydrogen-bond acceptors (Lipinski definition) is 2. The highest BCUT2D eigenvalue weighted by molar-refractivity contribution is 5.94. The smallest absolute Gasteiger partial charge is 0.251 e. The zero-order valence-electron chi connectivity index (χ0n) is 11.5. The molecule has 0 bridgehead atoms. The third kappa shape index (κ3) is 4.35. The van der Waals surface area contributed by atoms with Crippen LogP contribution in [0.25, 0.3) is 0 Å². The minimum Gasteiger partial charge on any atom is -0.349 e. The summed E-state index contributed by atoms with van der Waals surface area (Å²) in [7, 11) is 0. The van der Waals surface area contributed by atoms with Crippen molar-refractivity contribution in [2.45, 2.75) is 57.5 Å². The highest BCUT2D eigenvalue weighted by Crippen LogP contribution is 2.17. The monoisotopic (exact) mass is 260 g/mol. The molecule has 3 heteroatoms. The molecule has 0 aliphatic heterocycles. The van der Waals surface area contributed by atoms with Gasteiger partial charge in [0.05, 0.1) is 0 Å². The highest BCUT2D eigenvalue weighted by atomic mass is 16.1. The molecule has 1 saturated carbocycles. The van der Waals surface area contributed by atoms with E-state index in [0.29, 0.717) is 12.6 Å². The van der Waals surface area contributed by atoms with Gasteiger partial charge in [0.25, 0.3) is 5.91 Å². The first-order valence-electron chi connectivity index (χ1n) is 7.39. The number of carbonyl (C=O) groups is 1. The van der Waals surface area contributed by atoms with Gasteiger partial charge in [-0.25, -0.2) is 0 Å². The van der Waals surface area contributed by atoms with Crippen molar-refractivity contribution in [3.8, 4) is 0 Å². The summed E-state index contributed by atoms with van der Waals surface area (Å²) < 4.78 is 0. The fourth-order valence-electron chi connectivity index (χ4n) is 2.71. The molecule has 0 heterocycles. The molecule has 0 saturated heterocycles. The summed E-state index contributed by atoms with van der Waals surface area (Å²) in [5.74, 6) is 0.0425. The molecule has 0 atom stereocenters. The summed E-state index contributed by atoms with van der Waals surface area (Å²) in [5, 5.41) is 3.17. The normalized spacial score (nSPS) is 17.5. The molecule has 1 aliphatic rings. The number of benzene rings is 1. The van der Waals surface area contributed by atoms with Crippen molar-refractivity contribution >= 4 is 5.91 Å². The van der Waals surface area contributed by atoms with Gasteiger partial charge in [-0.2, -0.15) is 0 Å². The van der Waals surface area contributed by atoms with E-state index in [1.807, 2.05) is 24.3 Å². The Morgan fingerprint density at radius 3 is 2.53 bits per heavy atom. The maximum absolute atomic E-state index is 12.2. The lowest BCUT2D eigenvalue weighted by atomic mass is 9.96. The maximum Gasteiger partial charge on any atom is 0.251 e. The average molecular weight is 260 g/mol. The largest absolute Gasteiger partial charge is 0.349 e. The van der Waals surface area contributed by atoms with Gasteiger partial charge >= 0.3 is 0 Å². The van der Waals surface area contributed by atoms with Crippen LogP contribution in [0.1, 0.15) is 60.9 Å². The molecule has 1 aromatic rings. The second-order valence-corrected chi connectivity index (χ2v) is 5.42. The van der Waals surface area contributed by atoms with Crippen molar-refractivity contribution in [2.75, 3.05) is 0 Å². The summed E-state index contributed by atoms with van der Waals surface area (Å²) in [5.41, 5.74) is 7.34. The Labute approximate surface area is 115 Å². The number of rotatable bonds is 3. The molecule has 0 radical (unpaired) electrons. The second-order valence-electron chi connectivity index (χ2n) is 5.42. The molecular formula is C16H24N2O. The average Bonchev–Trinajstić information content (AvgIpc) is 2.41. The van der Waals surface area contributed by atoms with E-state index in [9.17, 15) is 4.79 Å². The van der Waals surface area contributed by atoms with Crippen molar-refractivity contribution in [1.82, 2.24) is 5.32 Å². The van der Waals surface area contributed by atoms with Crippen molar-refractivity contribution in [3.63, 3.8) is 0 Å². The lowest BCUT2D eigenvalue weighted by Gasteiger charge is -2.21. The van der Waals surface area contributed by atoms with E-state index in [1.165, 1.54) is 32.1 Å². The highest BCUT2D eigenvalue weighted by Gasteiger charge is 2.15. The summed E-state index contributed by atoms with van der Waals surface area (Å²) in [6.07, 6.45) is 8.63. The number of carbonyl (C=O) groups excluding carboxylic acids is 1. The van der Waals surface area contributed by atoms with Gasteiger partial charge in [-0.05, 0) is 30.5 Å². The van der Waals surface area contributed by atoms with Crippen LogP contribution in [-0.2, 0) is 6.54 Å². The topological polar surface area (TPSA) is 55.1 Å². The van der Waals surface area contributed by atoms with Crippen LogP contribution < -0.4 is 11.1 Å². The van der Waals surface area contributed by atoms with E-state index in [2.05, 4.69) is 5.32 Å². The molecule has 0 unspecified atom stereocenters. The van der Waals surface area contributed by atoms with Crippen molar-refractivity contribution in [2.24, 2.45) is 5.73 Å². The number of amides is 1. The van der Waals surface area contributed by atoms with Crippen LogP contribution in [0, 0.1) is 0 Å². The Morgan fingerprint density at radius 1 is 1.16 bits per heavy atom. The van der Waals surface area contributed by atoms with Gasteiger partial charge in [-0.3, -0.25) is 4.79 Å². The zero-order valence-corrected chi connectivity index (χ0v) is 11.5. The third-order valence-electron chi connectivity index (χ3n) is 3.87. The van der Waals surface area contributed by atoms with Crippen LogP contribution in [0.5, 0.6) is 0 Å². The van der Waals surface area contributed by atoms with Crippen LogP contribution in [-0.4, -0.2) is 11.9 Å². The van der Waals surface area contributed by atoms with Crippen molar-refractivity contribution in [3.05, 3.63) is 35.4 Å². The summed E-state index contributed by atoms with van der Waals surface area (Å²) in [6, 6.07) is 7.94. The molecule has 1 amide bonds. The summed E-state index contributed by atoms with van der Waals surface area (Å²) in [4.78, 5) is 12.2. The molecule has 104 valence electrons. The predicted octanol–water partition coefficient (Wildman–Crippen LogP) is 2.99. The van der Waals surface area contributed by atoms with Gasteiger partial charge in [-0.15, -0.1) is 0 Å². The fourth-order valence-corrected chi connectivity index (χ4v) is 2.71. The lowest BCUT2D eigenvalue weighted by molar-refractivity contribution is 0.0930. The molecule has 3 N–H and O–H groups in total. The van der Waals surface area contributed by atoms with Crippen LogP contribution in [0.4, 0.5) is 0 Å². The predicted molar refractivity (Wildman–Crippen MR) is 77.9 cm³/mol. The Bertz CT molecular complexity index is 409. The quantitative estimate of drug-likeness (QED) is 0.877. The Morgan fingerprint density at radius 2 is 1.84 bits per heavy atom. The first kappa shape index (κ1) is 14.1. The molecule has 0 spiro atoms. The van der Waals surface area contributed by atoms with E-state index in [0.717, 1.165) is 24.0 Å². The van der Waals surface area contributed by atoms with Crippen LogP contribution >= 0.6 is 0 Å². The van der Waals surface area contributed by atoms with Gasteiger partial charge in [0.2, 0.25) is 0 Å². The van der Waals surface area contributed by atoms with E-state index >= 15 is 0 Å². The van der Waals surface area contributed by atoms with Crippen LogP contribution in [0.3, 0.4) is 0 Å². The first-order valence-corrected chi connectivity index (χ1v) is 7.39. The van der Waals surface area contributed by atoms with E-state index in [-0.39, 0.29) is 5.91 Å². The Balaban J connectivity index is 1.94. The molecule has 2 rings (SSSR count). The van der Waals surface area contributed by atoms with Gasteiger partial charge in [-0.1, -0.05) is 44.2 Å². The second kappa shape index (κ2) is 7.29. The van der Waals surface area contributed by atoms with E-state index in [1.54, 1.807) is 0 Å². The maximum atomic E-state index is 12.2.